The van der Waals surface area contributed by atoms with E-state index in [2.05, 4.69) is 15.4 Å². The van der Waals surface area contributed by atoms with Crippen molar-refractivity contribution in [3.05, 3.63) is 24.3 Å². The second-order valence-electron chi connectivity index (χ2n) is 4.52. The lowest BCUT2D eigenvalue weighted by molar-refractivity contribution is -0.114. The minimum atomic E-state index is -3.49. The van der Waals surface area contributed by atoms with Crippen molar-refractivity contribution in [3.63, 3.8) is 0 Å². The number of carbonyl (C=O) groups excluding carboxylic acids is 1. The fourth-order valence-electron chi connectivity index (χ4n) is 1.96. The number of sulfonamides is 1. The summed E-state index contributed by atoms with van der Waals surface area (Å²) in [5.74, 6) is -0.189. The first-order valence-electron chi connectivity index (χ1n) is 6.08. The van der Waals surface area contributed by atoms with E-state index in [1.807, 2.05) is 0 Å². The van der Waals surface area contributed by atoms with Crippen LogP contribution in [0, 0.1) is 0 Å². The maximum absolute atomic E-state index is 12.1. The van der Waals surface area contributed by atoms with Gasteiger partial charge in [0.2, 0.25) is 15.9 Å². The van der Waals surface area contributed by atoms with Crippen molar-refractivity contribution in [2.75, 3.05) is 18.4 Å². The Balaban J connectivity index is 2.09. The molecule has 1 fully saturated rings. The number of anilines is 1. The van der Waals surface area contributed by atoms with Crippen LogP contribution in [0.1, 0.15) is 13.3 Å². The van der Waals surface area contributed by atoms with E-state index in [0.29, 0.717) is 12.2 Å². The second-order valence-corrected chi connectivity index (χ2v) is 6.23. The van der Waals surface area contributed by atoms with E-state index in [-0.39, 0.29) is 16.8 Å². The van der Waals surface area contributed by atoms with Gasteiger partial charge in [-0.3, -0.25) is 4.79 Å². The Morgan fingerprint density at radius 2 is 2.00 bits per heavy atom. The smallest absolute Gasteiger partial charge is 0.240 e. The van der Waals surface area contributed by atoms with E-state index in [4.69, 9.17) is 0 Å². The number of rotatable bonds is 4. The van der Waals surface area contributed by atoms with Gasteiger partial charge in [-0.25, -0.2) is 13.1 Å². The molecular formula is C12H17N3O3S. The first-order valence-corrected chi connectivity index (χ1v) is 7.56. The molecule has 1 saturated heterocycles. The molecule has 1 aliphatic heterocycles. The highest BCUT2D eigenvalue weighted by atomic mass is 32.2. The van der Waals surface area contributed by atoms with Crippen molar-refractivity contribution in [2.24, 2.45) is 0 Å². The Morgan fingerprint density at radius 1 is 1.32 bits per heavy atom. The fraction of sp³-hybridized carbons (Fsp3) is 0.417. The lowest BCUT2D eigenvalue weighted by atomic mass is 10.3. The standard InChI is InChI=1S/C12H17N3O3S/c1-9(16)14-10-2-4-12(5-3-10)19(17,18)15-11-6-7-13-8-11/h2-5,11,13,15H,6-8H2,1H3,(H,14,16)/t11-/m0/s1. The van der Waals surface area contributed by atoms with Gasteiger partial charge in [0.25, 0.3) is 0 Å². The van der Waals surface area contributed by atoms with Gasteiger partial charge in [0.05, 0.1) is 4.90 Å². The summed E-state index contributed by atoms with van der Waals surface area (Å²) < 4.78 is 26.8. The molecule has 0 saturated carbocycles. The largest absolute Gasteiger partial charge is 0.326 e. The number of benzene rings is 1. The normalized spacial score (nSPS) is 19.3. The predicted molar refractivity (Wildman–Crippen MR) is 72.3 cm³/mol. The van der Waals surface area contributed by atoms with Gasteiger partial charge in [0.15, 0.2) is 0 Å². The predicted octanol–water partition coefficient (Wildman–Crippen LogP) is 0.285. The number of hydrogen-bond donors (Lipinski definition) is 3. The SMILES string of the molecule is CC(=O)Nc1ccc(S(=O)(=O)N[C@H]2CCNC2)cc1. The molecule has 0 aliphatic carbocycles. The summed E-state index contributed by atoms with van der Waals surface area (Å²) in [6, 6.07) is 6.05. The molecule has 6 nitrogen and oxygen atoms in total. The molecule has 0 spiro atoms. The summed E-state index contributed by atoms with van der Waals surface area (Å²) in [6.07, 6.45) is 0.795. The summed E-state index contributed by atoms with van der Waals surface area (Å²) in [4.78, 5) is 11.1. The van der Waals surface area contributed by atoms with Crippen LogP contribution in [-0.2, 0) is 14.8 Å². The third kappa shape index (κ3) is 3.76. The van der Waals surface area contributed by atoms with Gasteiger partial charge in [0.1, 0.15) is 0 Å². The van der Waals surface area contributed by atoms with E-state index in [9.17, 15) is 13.2 Å². The van der Waals surface area contributed by atoms with Crippen LogP contribution in [-0.4, -0.2) is 33.5 Å². The van der Waals surface area contributed by atoms with Gasteiger partial charge in [-0.1, -0.05) is 0 Å². The molecular weight excluding hydrogens is 266 g/mol. The number of hydrogen-bond acceptors (Lipinski definition) is 4. The molecule has 1 heterocycles. The summed E-state index contributed by atoms with van der Waals surface area (Å²) in [6.45, 7) is 2.89. The molecule has 19 heavy (non-hydrogen) atoms. The van der Waals surface area contributed by atoms with Crippen LogP contribution < -0.4 is 15.4 Å². The van der Waals surface area contributed by atoms with Crippen LogP contribution in [0.3, 0.4) is 0 Å². The lowest BCUT2D eigenvalue weighted by Gasteiger charge is -2.12. The average Bonchev–Trinajstić information content (AvgIpc) is 2.81. The molecule has 1 amide bonds. The summed E-state index contributed by atoms with van der Waals surface area (Å²) >= 11 is 0. The third-order valence-corrected chi connectivity index (χ3v) is 4.40. The first-order chi connectivity index (χ1) is 8.97. The molecule has 1 aromatic rings. The second kappa shape index (κ2) is 5.68. The van der Waals surface area contributed by atoms with E-state index in [1.54, 1.807) is 12.1 Å². The molecule has 0 aromatic heterocycles. The van der Waals surface area contributed by atoms with Gasteiger partial charge in [-0.2, -0.15) is 0 Å². The zero-order valence-corrected chi connectivity index (χ0v) is 11.5. The molecule has 0 unspecified atom stereocenters. The van der Waals surface area contributed by atoms with Crippen LogP contribution in [0.5, 0.6) is 0 Å². The van der Waals surface area contributed by atoms with E-state index < -0.39 is 10.0 Å². The van der Waals surface area contributed by atoms with Crippen molar-refractivity contribution in [2.45, 2.75) is 24.3 Å². The molecule has 1 aliphatic rings. The first kappa shape index (κ1) is 14.0. The van der Waals surface area contributed by atoms with Gasteiger partial charge < -0.3 is 10.6 Å². The molecule has 0 radical (unpaired) electrons. The van der Waals surface area contributed by atoms with Crippen molar-refractivity contribution in [1.29, 1.82) is 0 Å². The third-order valence-electron chi connectivity index (χ3n) is 2.87. The van der Waals surface area contributed by atoms with Crippen LogP contribution >= 0.6 is 0 Å². The van der Waals surface area contributed by atoms with Gasteiger partial charge in [0, 0.05) is 25.2 Å². The van der Waals surface area contributed by atoms with Gasteiger partial charge >= 0.3 is 0 Å². The minimum absolute atomic E-state index is 0.0555. The monoisotopic (exact) mass is 283 g/mol. The van der Waals surface area contributed by atoms with E-state index in [1.165, 1.54) is 19.1 Å². The Morgan fingerprint density at radius 3 is 2.53 bits per heavy atom. The van der Waals surface area contributed by atoms with Crippen LogP contribution in [0.2, 0.25) is 0 Å². The van der Waals surface area contributed by atoms with Crippen LogP contribution in [0.4, 0.5) is 5.69 Å². The number of amides is 1. The number of nitrogens with one attached hydrogen (secondary N) is 3. The molecule has 7 heteroatoms. The Labute approximate surface area is 112 Å². The zero-order chi connectivity index (χ0) is 13.9. The van der Waals surface area contributed by atoms with Gasteiger partial charge in [-0.05, 0) is 37.2 Å². The lowest BCUT2D eigenvalue weighted by Crippen LogP contribution is -2.36. The van der Waals surface area contributed by atoms with Crippen LogP contribution in [0.25, 0.3) is 0 Å². The molecule has 2 rings (SSSR count). The Hall–Kier alpha value is -1.44. The molecule has 3 N–H and O–H groups in total. The quantitative estimate of drug-likeness (QED) is 0.741. The average molecular weight is 283 g/mol. The van der Waals surface area contributed by atoms with E-state index in [0.717, 1.165) is 13.0 Å². The Bertz CT molecular complexity index is 548. The van der Waals surface area contributed by atoms with E-state index >= 15 is 0 Å². The number of carbonyl (C=O) groups is 1. The zero-order valence-electron chi connectivity index (χ0n) is 10.6. The van der Waals surface area contributed by atoms with Crippen molar-refractivity contribution in [1.82, 2.24) is 10.0 Å². The summed E-state index contributed by atoms with van der Waals surface area (Å²) in [5.41, 5.74) is 0.578. The molecule has 1 atom stereocenters. The highest BCUT2D eigenvalue weighted by Crippen LogP contribution is 2.15. The molecule has 0 bridgehead atoms. The minimum Gasteiger partial charge on any atom is -0.326 e. The maximum atomic E-state index is 12.1. The fourth-order valence-corrected chi connectivity index (χ4v) is 3.23. The molecule has 104 valence electrons. The van der Waals surface area contributed by atoms with Crippen LogP contribution in [0.15, 0.2) is 29.2 Å². The van der Waals surface area contributed by atoms with Gasteiger partial charge in [-0.15, -0.1) is 0 Å². The summed E-state index contributed by atoms with van der Waals surface area (Å²) in [5, 5.41) is 5.70. The van der Waals surface area contributed by atoms with Crippen molar-refractivity contribution in [3.8, 4) is 0 Å². The highest BCUT2D eigenvalue weighted by molar-refractivity contribution is 7.89. The van der Waals surface area contributed by atoms with Crippen molar-refractivity contribution >= 4 is 21.6 Å². The molecule has 1 aromatic carbocycles. The Kier molecular flexibility index (Phi) is 4.18. The summed E-state index contributed by atoms with van der Waals surface area (Å²) in [7, 11) is -3.49. The van der Waals surface area contributed by atoms with Crippen molar-refractivity contribution < 1.29 is 13.2 Å². The maximum Gasteiger partial charge on any atom is 0.240 e. The highest BCUT2D eigenvalue weighted by Gasteiger charge is 2.22. The topological polar surface area (TPSA) is 87.3 Å².